The van der Waals surface area contributed by atoms with E-state index in [1.165, 1.54) is 12.1 Å². The highest BCUT2D eigenvalue weighted by Gasteiger charge is 2.22. The molecule has 1 aliphatic rings. The Labute approximate surface area is 169 Å². The van der Waals surface area contributed by atoms with E-state index >= 15 is 0 Å². The molecule has 0 atom stereocenters. The Morgan fingerprint density at radius 1 is 0.897 bits per heavy atom. The maximum absolute atomic E-state index is 13.0. The molecule has 0 saturated heterocycles. The van der Waals surface area contributed by atoms with E-state index in [0.717, 1.165) is 18.4 Å². The highest BCUT2D eigenvalue weighted by Crippen LogP contribution is 2.23. The summed E-state index contributed by atoms with van der Waals surface area (Å²) in [6.45, 7) is 3.63. The summed E-state index contributed by atoms with van der Waals surface area (Å²) in [4.78, 5) is 13.2. The van der Waals surface area contributed by atoms with Crippen molar-refractivity contribution in [3.63, 3.8) is 0 Å². The van der Waals surface area contributed by atoms with E-state index in [0.29, 0.717) is 69.9 Å². The first-order chi connectivity index (χ1) is 14.2. The number of ether oxygens (including phenoxy) is 2. The van der Waals surface area contributed by atoms with E-state index in [1.807, 2.05) is 0 Å². The van der Waals surface area contributed by atoms with Gasteiger partial charge in [0.05, 0.1) is 26.4 Å². The number of aromatic nitrogens is 3. The third kappa shape index (κ3) is 8.14. The van der Waals surface area contributed by atoms with Gasteiger partial charge in [-0.1, -0.05) is 12.1 Å². The third-order valence-corrected chi connectivity index (χ3v) is 4.07. The number of hydrogen-bond donors (Lipinski definition) is 4. The monoisotopic (exact) mass is 405 g/mol. The van der Waals surface area contributed by atoms with Crippen LogP contribution < -0.4 is 21.7 Å². The molecule has 0 bridgehead atoms. The summed E-state index contributed by atoms with van der Waals surface area (Å²) in [7, 11) is 0. The zero-order valence-corrected chi connectivity index (χ0v) is 16.4. The van der Waals surface area contributed by atoms with Crippen molar-refractivity contribution < 1.29 is 13.9 Å². The Kier molecular flexibility index (Phi) is 8.35. The van der Waals surface area contributed by atoms with Crippen LogP contribution in [0, 0.1) is 5.82 Å². The SMILES string of the molecule is NCCOCCOCCNc1nc(NCc2ccc(F)cc2)nc(NC2CC2)n1. The zero-order chi connectivity index (χ0) is 20.3. The van der Waals surface area contributed by atoms with Crippen LogP contribution in [0.3, 0.4) is 0 Å². The molecule has 0 aliphatic heterocycles. The Morgan fingerprint density at radius 3 is 2.24 bits per heavy atom. The van der Waals surface area contributed by atoms with Gasteiger partial charge in [0.15, 0.2) is 0 Å². The molecule has 1 heterocycles. The van der Waals surface area contributed by atoms with Crippen LogP contribution in [0.4, 0.5) is 22.2 Å². The minimum Gasteiger partial charge on any atom is -0.378 e. The molecule has 9 nitrogen and oxygen atoms in total. The minimum atomic E-state index is -0.260. The maximum Gasteiger partial charge on any atom is 0.229 e. The predicted octanol–water partition coefficient (Wildman–Crippen LogP) is 1.60. The van der Waals surface area contributed by atoms with E-state index in [9.17, 15) is 4.39 Å². The van der Waals surface area contributed by atoms with Gasteiger partial charge in [-0.3, -0.25) is 0 Å². The van der Waals surface area contributed by atoms with E-state index in [2.05, 4.69) is 30.9 Å². The molecule has 0 radical (unpaired) electrons. The number of benzene rings is 1. The number of rotatable bonds is 14. The van der Waals surface area contributed by atoms with Crippen molar-refractivity contribution >= 4 is 17.8 Å². The lowest BCUT2D eigenvalue weighted by atomic mass is 10.2. The number of nitrogens with zero attached hydrogens (tertiary/aromatic N) is 3. The molecule has 10 heteroatoms. The van der Waals surface area contributed by atoms with Gasteiger partial charge in [0.2, 0.25) is 17.8 Å². The van der Waals surface area contributed by atoms with Gasteiger partial charge in [0.1, 0.15) is 5.82 Å². The highest BCUT2D eigenvalue weighted by molar-refractivity contribution is 5.43. The Morgan fingerprint density at radius 2 is 1.55 bits per heavy atom. The first-order valence-electron chi connectivity index (χ1n) is 9.83. The molecule has 0 unspecified atom stereocenters. The zero-order valence-electron chi connectivity index (χ0n) is 16.4. The number of nitrogens with two attached hydrogens (primary N) is 1. The molecule has 1 fully saturated rings. The van der Waals surface area contributed by atoms with Crippen molar-refractivity contribution in [2.45, 2.75) is 25.4 Å². The smallest absolute Gasteiger partial charge is 0.229 e. The van der Waals surface area contributed by atoms with Crippen molar-refractivity contribution in [3.05, 3.63) is 35.6 Å². The molecule has 158 valence electrons. The molecule has 1 aromatic carbocycles. The van der Waals surface area contributed by atoms with E-state index in [4.69, 9.17) is 15.2 Å². The van der Waals surface area contributed by atoms with E-state index in [-0.39, 0.29) is 5.82 Å². The van der Waals surface area contributed by atoms with Crippen LogP contribution in [-0.2, 0) is 16.0 Å². The standard InChI is InChI=1S/C19H28FN7O2/c20-15-3-1-14(2-4-15)13-23-18-25-17(26-19(27-18)24-16-5-6-16)22-8-10-29-12-11-28-9-7-21/h1-4,16H,5-13,21H2,(H3,22,23,24,25,26,27). The summed E-state index contributed by atoms with van der Waals surface area (Å²) in [6, 6.07) is 6.73. The molecule has 1 aliphatic carbocycles. The van der Waals surface area contributed by atoms with Gasteiger partial charge in [-0.2, -0.15) is 15.0 Å². The van der Waals surface area contributed by atoms with Gasteiger partial charge in [-0.05, 0) is 30.5 Å². The highest BCUT2D eigenvalue weighted by atomic mass is 19.1. The van der Waals surface area contributed by atoms with E-state index < -0.39 is 0 Å². The topological polar surface area (TPSA) is 119 Å². The second-order valence-electron chi connectivity index (χ2n) is 6.65. The molecule has 3 rings (SSSR count). The van der Waals surface area contributed by atoms with Crippen LogP contribution >= 0.6 is 0 Å². The van der Waals surface area contributed by atoms with Crippen LogP contribution in [0.5, 0.6) is 0 Å². The molecule has 2 aromatic rings. The Hall–Kier alpha value is -2.56. The maximum atomic E-state index is 13.0. The van der Waals surface area contributed by atoms with Gasteiger partial charge in [0.25, 0.3) is 0 Å². The second-order valence-corrected chi connectivity index (χ2v) is 6.65. The number of anilines is 3. The van der Waals surface area contributed by atoms with Crippen LogP contribution in [-0.4, -0.2) is 60.5 Å². The van der Waals surface area contributed by atoms with Crippen molar-refractivity contribution in [1.82, 2.24) is 15.0 Å². The normalized spacial score (nSPS) is 13.3. The Bertz CT molecular complexity index is 744. The van der Waals surface area contributed by atoms with Crippen LogP contribution in [0.25, 0.3) is 0 Å². The predicted molar refractivity (Wildman–Crippen MR) is 109 cm³/mol. The van der Waals surface area contributed by atoms with Crippen molar-refractivity contribution in [3.8, 4) is 0 Å². The summed E-state index contributed by atoms with van der Waals surface area (Å²) in [5, 5.41) is 9.59. The third-order valence-electron chi connectivity index (χ3n) is 4.07. The lowest BCUT2D eigenvalue weighted by molar-refractivity contribution is 0.0547. The average molecular weight is 405 g/mol. The first kappa shape index (κ1) is 21.2. The molecule has 1 aromatic heterocycles. The van der Waals surface area contributed by atoms with Gasteiger partial charge in [-0.15, -0.1) is 0 Å². The fraction of sp³-hybridized carbons (Fsp3) is 0.526. The minimum absolute atomic E-state index is 0.260. The molecular weight excluding hydrogens is 377 g/mol. The van der Waals surface area contributed by atoms with Gasteiger partial charge >= 0.3 is 0 Å². The molecule has 0 amide bonds. The summed E-state index contributed by atoms with van der Waals surface area (Å²) in [5.41, 5.74) is 6.29. The lowest BCUT2D eigenvalue weighted by Crippen LogP contribution is -2.17. The van der Waals surface area contributed by atoms with Gasteiger partial charge in [0, 0.05) is 25.7 Å². The van der Waals surface area contributed by atoms with Crippen LogP contribution in [0.2, 0.25) is 0 Å². The Balaban J connectivity index is 1.49. The molecule has 29 heavy (non-hydrogen) atoms. The number of halogens is 1. The van der Waals surface area contributed by atoms with Gasteiger partial charge < -0.3 is 31.2 Å². The second kappa shape index (κ2) is 11.4. The average Bonchev–Trinajstić information content (AvgIpc) is 3.53. The number of nitrogens with one attached hydrogen (secondary N) is 3. The summed E-state index contributed by atoms with van der Waals surface area (Å²) in [6.07, 6.45) is 2.24. The molecule has 0 spiro atoms. The summed E-state index contributed by atoms with van der Waals surface area (Å²) in [5.74, 6) is 1.19. The van der Waals surface area contributed by atoms with E-state index in [1.54, 1.807) is 12.1 Å². The quantitative estimate of drug-likeness (QED) is 0.347. The largest absolute Gasteiger partial charge is 0.378 e. The van der Waals surface area contributed by atoms with Crippen molar-refractivity contribution in [2.24, 2.45) is 5.73 Å². The summed E-state index contributed by atoms with van der Waals surface area (Å²) >= 11 is 0. The number of hydrogen-bond acceptors (Lipinski definition) is 9. The molecule has 5 N–H and O–H groups in total. The van der Waals surface area contributed by atoms with Crippen molar-refractivity contribution in [1.29, 1.82) is 0 Å². The molecule has 1 saturated carbocycles. The van der Waals surface area contributed by atoms with Crippen LogP contribution in [0.15, 0.2) is 24.3 Å². The van der Waals surface area contributed by atoms with Gasteiger partial charge in [-0.25, -0.2) is 4.39 Å². The fourth-order valence-electron chi connectivity index (χ4n) is 2.43. The fourth-order valence-corrected chi connectivity index (χ4v) is 2.43. The van der Waals surface area contributed by atoms with Crippen LogP contribution in [0.1, 0.15) is 18.4 Å². The van der Waals surface area contributed by atoms with Crippen molar-refractivity contribution in [2.75, 3.05) is 55.5 Å². The lowest BCUT2D eigenvalue weighted by Gasteiger charge is -2.11. The first-order valence-corrected chi connectivity index (χ1v) is 9.83. The molecular formula is C19H28FN7O2. The summed E-state index contributed by atoms with van der Waals surface area (Å²) < 4.78 is 23.8.